The smallest absolute Gasteiger partial charge is 0.244 e. The Morgan fingerprint density at radius 1 is 1.20 bits per heavy atom. The van der Waals surface area contributed by atoms with Crippen molar-refractivity contribution >= 4 is 17.5 Å². The summed E-state index contributed by atoms with van der Waals surface area (Å²) in [5.74, 6) is 0.135. The van der Waals surface area contributed by atoms with Crippen molar-refractivity contribution in [2.24, 2.45) is 0 Å². The van der Waals surface area contributed by atoms with E-state index < -0.39 is 5.54 Å². The van der Waals surface area contributed by atoms with Gasteiger partial charge in [0.15, 0.2) is 0 Å². The first-order valence-corrected chi connectivity index (χ1v) is 9.42. The van der Waals surface area contributed by atoms with Crippen molar-refractivity contribution < 1.29 is 9.59 Å². The van der Waals surface area contributed by atoms with Gasteiger partial charge in [0.2, 0.25) is 11.8 Å². The molecule has 3 rings (SSSR count). The van der Waals surface area contributed by atoms with Gasteiger partial charge in [-0.2, -0.15) is 0 Å². The van der Waals surface area contributed by atoms with Crippen molar-refractivity contribution in [3.63, 3.8) is 0 Å². The second-order valence-corrected chi connectivity index (χ2v) is 7.70. The Morgan fingerprint density at radius 3 is 2.68 bits per heavy atom. The molecule has 1 aromatic rings. The number of anilines is 1. The van der Waals surface area contributed by atoms with Crippen molar-refractivity contribution in [3.8, 4) is 0 Å². The van der Waals surface area contributed by atoms with E-state index in [2.05, 4.69) is 15.5 Å². The van der Waals surface area contributed by atoms with Gasteiger partial charge in [0.25, 0.3) is 0 Å². The average Bonchev–Trinajstić information content (AvgIpc) is 2.62. The summed E-state index contributed by atoms with van der Waals surface area (Å²) >= 11 is 0. The van der Waals surface area contributed by atoms with Crippen molar-refractivity contribution in [1.29, 1.82) is 0 Å². The van der Waals surface area contributed by atoms with Gasteiger partial charge >= 0.3 is 0 Å². The van der Waals surface area contributed by atoms with Crippen LogP contribution in [0.2, 0.25) is 0 Å². The van der Waals surface area contributed by atoms with Crippen LogP contribution in [0.4, 0.5) is 5.69 Å². The first-order valence-electron chi connectivity index (χ1n) is 9.42. The predicted molar refractivity (Wildman–Crippen MR) is 99.3 cm³/mol. The lowest BCUT2D eigenvalue weighted by Crippen LogP contribution is -2.54. The molecule has 2 aliphatic rings. The van der Waals surface area contributed by atoms with Crippen LogP contribution >= 0.6 is 0 Å². The summed E-state index contributed by atoms with van der Waals surface area (Å²) < 4.78 is 0. The van der Waals surface area contributed by atoms with Crippen LogP contribution in [0.5, 0.6) is 0 Å². The normalized spacial score (nSPS) is 22.3. The predicted octanol–water partition coefficient (Wildman–Crippen LogP) is 3.23. The molecule has 0 aromatic heterocycles. The molecule has 2 saturated heterocycles. The van der Waals surface area contributed by atoms with Crippen LogP contribution in [0.15, 0.2) is 24.3 Å². The molecule has 0 bridgehead atoms. The standard InChI is InChI=1S/C20H29N3O2/c1-20(2,23-12-4-3-5-13-23)19(25)21-16-9-6-8-15(14-16)17-10-7-11-18(24)22-17/h6,8-9,14,17H,3-5,7,10-13H2,1-2H3,(H,21,25)(H,22,24). The van der Waals surface area contributed by atoms with Gasteiger partial charge in [-0.1, -0.05) is 18.6 Å². The summed E-state index contributed by atoms with van der Waals surface area (Å²) in [6, 6.07) is 7.91. The minimum Gasteiger partial charge on any atom is -0.349 e. The van der Waals surface area contributed by atoms with E-state index in [0.717, 1.165) is 50.0 Å². The lowest BCUT2D eigenvalue weighted by Gasteiger charge is -2.39. The topological polar surface area (TPSA) is 61.4 Å². The highest BCUT2D eigenvalue weighted by molar-refractivity contribution is 5.97. The zero-order valence-corrected chi connectivity index (χ0v) is 15.3. The Kier molecular flexibility index (Phi) is 5.42. The fraction of sp³-hybridized carbons (Fsp3) is 0.600. The lowest BCUT2D eigenvalue weighted by molar-refractivity contribution is -0.127. The molecule has 5 heteroatoms. The van der Waals surface area contributed by atoms with Crippen molar-refractivity contribution in [2.75, 3.05) is 18.4 Å². The van der Waals surface area contributed by atoms with Gasteiger partial charge in [-0.3, -0.25) is 14.5 Å². The molecule has 0 radical (unpaired) electrons. The van der Waals surface area contributed by atoms with Gasteiger partial charge in [0.1, 0.15) is 0 Å². The summed E-state index contributed by atoms with van der Waals surface area (Å²) in [6.07, 6.45) is 6.04. The molecule has 2 aliphatic heterocycles. The minimum absolute atomic E-state index is 0.0271. The van der Waals surface area contributed by atoms with Crippen LogP contribution < -0.4 is 10.6 Å². The third kappa shape index (κ3) is 4.21. The number of hydrogen-bond acceptors (Lipinski definition) is 3. The van der Waals surface area contributed by atoms with Crippen LogP contribution in [0.1, 0.15) is 64.0 Å². The SMILES string of the molecule is CC(C)(C(=O)Nc1cccc(C2CCCC(=O)N2)c1)N1CCCCC1. The summed E-state index contributed by atoms with van der Waals surface area (Å²) in [4.78, 5) is 26.8. The maximum atomic E-state index is 12.9. The van der Waals surface area contributed by atoms with E-state index >= 15 is 0 Å². The lowest BCUT2D eigenvalue weighted by atomic mass is 9.96. The van der Waals surface area contributed by atoms with Crippen molar-refractivity contribution in [2.45, 2.75) is 64.0 Å². The molecule has 25 heavy (non-hydrogen) atoms. The van der Waals surface area contributed by atoms with Gasteiger partial charge in [-0.15, -0.1) is 0 Å². The highest BCUT2D eigenvalue weighted by Crippen LogP contribution is 2.27. The van der Waals surface area contributed by atoms with Crippen molar-refractivity contribution in [1.82, 2.24) is 10.2 Å². The fourth-order valence-corrected chi connectivity index (χ4v) is 3.77. The number of benzene rings is 1. The van der Waals surface area contributed by atoms with Gasteiger partial charge < -0.3 is 10.6 Å². The molecule has 0 aliphatic carbocycles. The van der Waals surface area contributed by atoms with E-state index in [9.17, 15) is 9.59 Å². The molecule has 2 N–H and O–H groups in total. The van der Waals surface area contributed by atoms with E-state index in [1.165, 1.54) is 6.42 Å². The Bertz CT molecular complexity index is 636. The van der Waals surface area contributed by atoms with E-state index in [0.29, 0.717) is 6.42 Å². The summed E-state index contributed by atoms with van der Waals surface area (Å²) in [6.45, 7) is 5.96. The third-order valence-corrected chi connectivity index (χ3v) is 5.48. The molecule has 1 unspecified atom stereocenters. The number of nitrogens with one attached hydrogen (secondary N) is 2. The Balaban J connectivity index is 1.68. The van der Waals surface area contributed by atoms with Crippen molar-refractivity contribution in [3.05, 3.63) is 29.8 Å². The summed E-state index contributed by atoms with van der Waals surface area (Å²) in [7, 11) is 0. The van der Waals surface area contributed by atoms with Crippen LogP contribution in [0.25, 0.3) is 0 Å². The summed E-state index contributed by atoms with van der Waals surface area (Å²) in [5, 5.41) is 6.11. The maximum absolute atomic E-state index is 12.9. The average molecular weight is 343 g/mol. The fourth-order valence-electron chi connectivity index (χ4n) is 3.77. The van der Waals surface area contributed by atoms with Gasteiger partial charge in [-0.05, 0) is 70.3 Å². The highest BCUT2D eigenvalue weighted by Gasteiger charge is 2.35. The van der Waals surface area contributed by atoms with Gasteiger partial charge in [-0.25, -0.2) is 0 Å². The summed E-state index contributed by atoms with van der Waals surface area (Å²) in [5.41, 5.74) is 1.34. The highest BCUT2D eigenvalue weighted by atomic mass is 16.2. The number of carbonyl (C=O) groups excluding carboxylic acids is 2. The zero-order chi connectivity index (χ0) is 17.9. The van der Waals surface area contributed by atoms with Crippen LogP contribution in [0.3, 0.4) is 0 Å². The Labute approximate surface area is 150 Å². The molecule has 0 spiro atoms. The molecule has 0 saturated carbocycles. The number of amides is 2. The number of nitrogens with zero attached hydrogens (tertiary/aromatic N) is 1. The first-order chi connectivity index (χ1) is 12.0. The number of rotatable bonds is 4. The van der Waals surface area contributed by atoms with Crippen LogP contribution in [-0.4, -0.2) is 35.3 Å². The molecule has 5 nitrogen and oxygen atoms in total. The number of piperidine rings is 2. The number of carbonyl (C=O) groups is 2. The molecule has 1 aromatic carbocycles. The molecular weight excluding hydrogens is 314 g/mol. The van der Waals surface area contributed by atoms with Gasteiger partial charge in [0.05, 0.1) is 11.6 Å². The quantitative estimate of drug-likeness (QED) is 0.882. The Hall–Kier alpha value is -1.88. The molecular formula is C20H29N3O2. The maximum Gasteiger partial charge on any atom is 0.244 e. The molecule has 2 amide bonds. The molecule has 136 valence electrons. The first kappa shape index (κ1) is 17.9. The largest absolute Gasteiger partial charge is 0.349 e. The molecule has 2 heterocycles. The van der Waals surface area contributed by atoms with Crippen LogP contribution in [-0.2, 0) is 9.59 Å². The van der Waals surface area contributed by atoms with E-state index in [-0.39, 0.29) is 17.9 Å². The zero-order valence-electron chi connectivity index (χ0n) is 15.3. The van der Waals surface area contributed by atoms with E-state index in [1.54, 1.807) is 0 Å². The van der Waals surface area contributed by atoms with Gasteiger partial charge in [0, 0.05) is 12.1 Å². The Morgan fingerprint density at radius 2 is 1.96 bits per heavy atom. The third-order valence-electron chi connectivity index (χ3n) is 5.48. The minimum atomic E-state index is -0.518. The van der Waals surface area contributed by atoms with E-state index in [1.807, 2.05) is 38.1 Å². The molecule has 2 fully saturated rings. The second kappa shape index (κ2) is 7.56. The number of likely N-dealkylation sites (tertiary alicyclic amines) is 1. The second-order valence-electron chi connectivity index (χ2n) is 7.70. The monoisotopic (exact) mass is 343 g/mol. The van der Waals surface area contributed by atoms with Crippen LogP contribution in [0, 0.1) is 0 Å². The van der Waals surface area contributed by atoms with E-state index in [4.69, 9.17) is 0 Å². The molecule has 1 atom stereocenters. The number of hydrogen-bond donors (Lipinski definition) is 2.